The first kappa shape index (κ1) is 56.0. The summed E-state index contributed by atoms with van der Waals surface area (Å²) in [6.07, 6.45) is 0.907. The Morgan fingerprint density at radius 1 is 0.912 bits per heavy atom. The van der Waals surface area contributed by atoms with Crippen molar-refractivity contribution in [1.82, 2.24) is 40.6 Å². The number of thiophene rings is 1. The summed E-state index contributed by atoms with van der Waals surface area (Å²) in [4.78, 5) is 83.0. The lowest BCUT2D eigenvalue weighted by atomic mass is 9.85. The Balaban J connectivity index is 0.775. The number of likely N-dealkylation sites (tertiary alicyclic amines) is 1. The van der Waals surface area contributed by atoms with Gasteiger partial charge >= 0.3 is 5.97 Å². The second-order valence-electron chi connectivity index (χ2n) is 22.0. The Hall–Kier alpha value is -7.26. The average molecular weight is 1140 g/mol. The minimum Gasteiger partial charge on any atom is -0.490 e. The summed E-state index contributed by atoms with van der Waals surface area (Å²) in [6, 6.07) is 19.1. The number of ether oxygens (including phenoxy) is 2. The first-order valence-electron chi connectivity index (χ1n) is 26.9. The molecule has 0 spiro atoms. The molecule has 80 heavy (non-hydrogen) atoms. The van der Waals surface area contributed by atoms with Gasteiger partial charge in [0.05, 0.1) is 40.8 Å². The number of nitrogens with two attached hydrogens (primary N) is 1. The van der Waals surface area contributed by atoms with Crippen molar-refractivity contribution in [2.24, 2.45) is 16.1 Å². The first-order chi connectivity index (χ1) is 38.2. The minimum atomic E-state index is -1.12. The fourth-order valence-electron chi connectivity index (χ4n) is 10.6. The third-order valence-corrected chi connectivity index (χ3v) is 17.5. The van der Waals surface area contributed by atoms with Gasteiger partial charge in [-0.15, -0.1) is 32.9 Å². The number of halogens is 1. The van der Waals surface area contributed by atoms with Crippen LogP contribution in [0.4, 0.5) is 0 Å². The highest BCUT2D eigenvalue weighted by Crippen LogP contribution is 2.40. The number of aromatic nitrogens is 4. The number of thiazole rings is 1. The zero-order chi connectivity index (χ0) is 56.7. The maximum absolute atomic E-state index is 14.8. The monoisotopic (exact) mass is 1140 g/mol. The quantitative estimate of drug-likeness (QED) is 0.0624. The van der Waals surface area contributed by atoms with Gasteiger partial charge in [0.1, 0.15) is 52.5 Å². The molecule has 1 unspecified atom stereocenters. The van der Waals surface area contributed by atoms with E-state index in [0.717, 1.165) is 54.0 Å². The van der Waals surface area contributed by atoms with Crippen LogP contribution in [0.2, 0.25) is 5.02 Å². The van der Waals surface area contributed by atoms with Gasteiger partial charge < -0.3 is 40.5 Å². The molecule has 2 aliphatic heterocycles. The highest BCUT2D eigenvalue weighted by Gasteiger charge is 2.47. The van der Waals surface area contributed by atoms with Crippen LogP contribution in [0.5, 0.6) is 5.75 Å². The number of benzene rings is 3. The topological polar surface area (TPSA) is 238 Å². The highest BCUT2D eigenvalue weighted by atomic mass is 35.5. The van der Waals surface area contributed by atoms with Gasteiger partial charge in [-0.2, -0.15) is 0 Å². The van der Waals surface area contributed by atoms with E-state index in [-0.39, 0.29) is 49.6 Å². The molecule has 0 radical (unpaired) electrons. The number of aliphatic imine (C=N–C) groups is 1. The molecule has 4 amide bonds. The van der Waals surface area contributed by atoms with Crippen LogP contribution in [0.3, 0.4) is 0 Å². The fraction of sp³-hybridized carbons (Fsp3) is 0.407. The summed E-state index contributed by atoms with van der Waals surface area (Å²) in [7, 11) is 0. The number of nitrogens with one attached hydrogen (secondary N) is 3. The highest BCUT2D eigenvalue weighted by molar-refractivity contribution is 7.15. The number of esters is 1. The molecular weight excluding hydrogens is 1080 g/mol. The van der Waals surface area contributed by atoms with E-state index in [1.807, 2.05) is 100 Å². The van der Waals surface area contributed by atoms with Crippen molar-refractivity contribution in [1.29, 1.82) is 0 Å². The summed E-state index contributed by atoms with van der Waals surface area (Å²) in [5, 5.41) is 20.3. The third kappa shape index (κ3) is 11.8. The summed E-state index contributed by atoms with van der Waals surface area (Å²) in [5.74, 6) is -0.318. The third-order valence-electron chi connectivity index (χ3n) is 15.1. The molecule has 3 aromatic carbocycles. The first-order valence-corrected chi connectivity index (χ1v) is 29.0. The van der Waals surface area contributed by atoms with Gasteiger partial charge in [0.2, 0.25) is 17.7 Å². The van der Waals surface area contributed by atoms with Gasteiger partial charge in [-0.3, -0.25) is 33.5 Å². The molecule has 1 saturated carbocycles. The van der Waals surface area contributed by atoms with Gasteiger partial charge in [0, 0.05) is 58.1 Å². The Bertz CT molecular complexity index is 3520. The number of hydrogen-bond donors (Lipinski definition) is 4. The van der Waals surface area contributed by atoms with E-state index in [0.29, 0.717) is 59.2 Å². The van der Waals surface area contributed by atoms with Crippen LogP contribution in [-0.4, -0.2) is 103 Å². The van der Waals surface area contributed by atoms with E-state index >= 15 is 0 Å². The number of hydrogen-bond acceptors (Lipinski definition) is 15. The smallest absolute Gasteiger partial charge is 0.306 e. The second kappa shape index (κ2) is 23.1. The van der Waals surface area contributed by atoms with Gasteiger partial charge in [-0.05, 0) is 106 Å². The van der Waals surface area contributed by atoms with Crippen LogP contribution in [0.15, 0.2) is 87.7 Å². The normalized spacial score (nSPS) is 19.4. The zero-order valence-electron chi connectivity index (χ0n) is 45.9. The van der Waals surface area contributed by atoms with Crippen molar-refractivity contribution < 1.29 is 37.9 Å². The number of rotatable bonds is 17. The second-order valence-corrected chi connectivity index (χ2v) is 24.5. The molecule has 3 aliphatic rings. The molecule has 2 fully saturated rings. The number of carbonyl (C=O) groups excluding carboxylic acids is 5. The molecule has 7 aromatic rings. The van der Waals surface area contributed by atoms with Crippen molar-refractivity contribution in [3.8, 4) is 21.2 Å². The van der Waals surface area contributed by atoms with Gasteiger partial charge in [-0.25, -0.2) is 4.98 Å². The lowest BCUT2D eigenvalue weighted by Crippen LogP contribution is -2.57. The van der Waals surface area contributed by atoms with E-state index in [9.17, 15) is 24.0 Å². The largest absolute Gasteiger partial charge is 0.490 e. The van der Waals surface area contributed by atoms with Crippen molar-refractivity contribution in [3.05, 3.63) is 134 Å². The molecule has 6 heterocycles. The van der Waals surface area contributed by atoms with Crippen LogP contribution < -0.4 is 26.4 Å². The van der Waals surface area contributed by atoms with Crippen molar-refractivity contribution in [3.63, 3.8) is 0 Å². The Morgan fingerprint density at radius 2 is 1.65 bits per heavy atom. The molecule has 0 bridgehead atoms. The summed E-state index contributed by atoms with van der Waals surface area (Å²) < 4.78 is 20.2. The number of aryl methyl sites for hydroxylation is 3. The molecule has 4 aromatic heterocycles. The fourth-order valence-corrected chi connectivity index (χ4v) is 12.7. The van der Waals surface area contributed by atoms with E-state index in [2.05, 4.69) is 45.0 Å². The molecular formula is C59H65ClN10O8S2. The molecule has 5 atom stereocenters. The Kier molecular flexibility index (Phi) is 16.2. The van der Waals surface area contributed by atoms with Crippen molar-refractivity contribution in [2.75, 3.05) is 13.1 Å². The predicted octanol–water partition coefficient (Wildman–Crippen LogP) is 9.37. The van der Waals surface area contributed by atoms with E-state index in [1.54, 1.807) is 46.9 Å². The Morgan fingerprint density at radius 3 is 2.35 bits per heavy atom. The molecule has 10 rings (SSSR count). The molecule has 1 saturated heterocycles. The molecule has 1 aliphatic carbocycles. The van der Waals surface area contributed by atoms with E-state index < -0.39 is 59.4 Å². The average Bonchev–Trinajstić information content (AvgIpc) is 4.33. The number of carbonyl (C=O) groups is 5. The zero-order valence-corrected chi connectivity index (χ0v) is 48.3. The van der Waals surface area contributed by atoms with Crippen LogP contribution in [0.25, 0.3) is 26.4 Å². The number of fused-ring (bicyclic) bond motifs is 4. The maximum Gasteiger partial charge on any atom is 0.306 e. The number of furan rings is 1. The van der Waals surface area contributed by atoms with Crippen molar-refractivity contribution in [2.45, 2.75) is 136 Å². The lowest BCUT2D eigenvalue weighted by Gasteiger charge is -2.36. The maximum atomic E-state index is 14.8. The van der Waals surface area contributed by atoms with E-state index in [4.69, 9.17) is 36.2 Å². The van der Waals surface area contributed by atoms with Gasteiger partial charge in [-0.1, -0.05) is 68.8 Å². The summed E-state index contributed by atoms with van der Waals surface area (Å²) in [6.45, 7) is 15.7. The van der Waals surface area contributed by atoms with E-state index in [1.165, 1.54) is 4.90 Å². The van der Waals surface area contributed by atoms with Crippen LogP contribution in [0.1, 0.15) is 133 Å². The summed E-state index contributed by atoms with van der Waals surface area (Å²) >= 11 is 9.50. The number of amides is 4. The Labute approximate surface area is 476 Å². The lowest BCUT2D eigenvalue weighted by molar-refractivity contribution is -0.149. The number of nitrogens with zero attached hydrogens (tertiary/aromatic N) is 6. The van der Waals surface area contributed by atoms with Crippen LogP contribution >= 0.6 is 34.3 Å². The van der Waals surface area contributed by atoms with Gasteiger partial charge in [0.15, 0.2) is 11.6 Å². The minimum absolute atomic E-state index is 0.0223. The molecule has 21 heteroatoms. The molecule has 18 nitrogen and oxygen atoms in total. The summed E-state index contributed by atoms with van der Waals surface area (Å²) in [5.41, 5.74) is 13.7. The standard InChI is InChI=1S/C59H65ClN10O8S2/c1-30-33(4)80-58-50(30)51(36-15-17-39(60)18-16-36)65-44(54-68-67-34(5)70(54)58)27-48(71)64-40-24-42(25-40)76-41-19-20-46-38(22-41)23-47(78-46)56(74)66-53(59(6,7)8)57(75)69-28-43(77-49(72)10-9-21-61)26-45(69)55(73)63-31(2)35-11-13-37(14-12-35)52-32(3)62-29-79-52/h11-20,22-23,29,31,40,42-45,53H,9-10,21,24-28,61H2,1-8H3,(H,63,73)(H,64,71)(H,66,74)/t31-,40?,42?,43+,44-,45-,53?/m0/s1. The SMILES string of the molecule is Cc1ncsc1-c1ccc([C@H](C)NC(=O)[C@@H]2C[C@@H](OC(=O)CCCN)CN2C(=O)C(NC(=O)c2cc3cc(OC4CC(NC(=O)C[C@@H]5N=C(c6ccc(Cl)cc6)c6c(sc(C)c6C)-n6c(C)nnc65)C4)ccc3o2)C(C)(C)C)cc1. The predicted molar refractivity (Wildman–Crippen MR) is 308 cm³/mol. The molecule has 5 N–H and O–H groups in total. The van der Waals surface area contributed by atoms with Crippen molar-refractivity contribution >= 4 is 80.6 Å². The van der Waals surface area contributed by atoms with Crippen LogP contribution in [-0.2, 0) is 23.9 Å². The molecule has 418 valence electrons. The van der Waals surface area contributed by atoms with Gasteiger partial charge in [0.25, 0.3) is 5.91 Å². The van der Waals surface area contributed by atoms with Crippen LogP contribution in [0, 0.1) is 33.1 Å².